The maximum Gasteiger partial charge on any atom is 0.420 e. The zero-order chi connectivity index (χ0) is 20.9. The first kappa shape index (κ1) is 19.3. The molecule has 152 valence electrons. The zero-order valence-electron chi connectivity index (χ0n) is 14.6. The Morgan fingerprint density at radius 2 is 2.07 bits per heavy atom. The van der Waals surface area contributed by atoms with Crippen LogP contribution >= 0.6 is 11.6 Å². The SMILES string of the molecule is O=C(O)C1CCN(C(=O)c2nc3c(C(F)(F)F)cc(-c4ccoc4)cn3c2Cl)C1. The number of hydrogen-bond donors (Lipinski definition) is 1. The van der Waals surface area contributed by atoms with E-state index in [2.05, 4.69) is 4.98 Å². The number of pyridine rings is 1. The number of hydrogen-bond acceptors (Lipinski definition) is 4. The molecule has 4 rings (SSSR count). The molecule has 0 saturated carbocycles. The summed E-state index contributed by atoms with van der Waals surface area (Å²) in [6.07, 6.45) is -0.536. The van der Waals surface area contributed by atoms with E-state index < -0.39 is 35.2 Å². The highest BCUT2D eigenvalue weighted by Gasteiger charge is 2.38. The highest BCUT2D eigenvalue weighted by molar-refractivity contribution is 6.33. The molecular weight excluding hydrogens is 415 g/mol. The predicted molar refractivity (Wildman–Crippen MR) is 94.6 cm³/mol. The molecule has 1 N–H and O–H groups in total. The van der Waals surface area contributed by atoms with E-state index in [4.69, 9.17) is 21.1 Å². The number of likely N-dealkylation sites (tertiary alicyclic amines) is 1. The van der Waals surface area contributed by atoms with Gasteiger partial charge in [0.15, 0.2) is 11.3 Å². The average molecular weight is 428 g/mol. The van der Waals surface area contributed by atoms with Crippen molar-refractivity contribution in [1.82, 2.24) is 14.3 Å². The van der Waals surface area contributed by atoms with Gasteiger partial charge in [0.05, 0.1) is 24.0 Å². The number of aromatic nitrogens is 2. The second-order valence-corrected chi connectivity index (χ2v) is 7.03. The van der Waals surface area contributed by atoms with Gasteiger partial charge in [-0.15, -0.1) is 0 Å². The van der Waals surface area contributed by atoms with Crippen molar-refractivity contribution in [2.75, 3.05) is 13.1 Å². The summed E-state index contributed by atoms with van der Waals surface area (Å²) in [6.45, 7) is 0.108. The first-order valence-electron chi connectivity index (χ1n) is 8.50. The van der Waals surface area contributed by atoms with Crippen LogP contribution in [0.2, 0.25) is 5.15 Å². The fraction of sp³-hybridized carbons (Fsp3) is 0.278. The standard InChI is InChI=1S/C18H13ClF3N3O4/c19-14-13(16(26)24-3-1-9(6-24)17(27)28)23-15-12(18(20,21)22)5-11(7-25(14)15)10-2-4-29-8-10/h2,4-5,7-9H,1,3,6H2,(H,27,28). The summed E-state index contributed by atoms with van der Waals surface area (Å²) >= 11 is 6.23. The molecule has 1 atom stereocenters. The lowest BCUT2D eigenvalue weighted by molar-refractivity contribution is -0.141. The molecule has 3 aromatic heterocycles. The van der Waals surface area contributed by atoms with Gasteiger partial charge in [0, 0.05) is 30.4 Å². The van der Waals surface area contributed by atoms with Crippen LogP contribution in [0.4, 0.5) is 13.2 Å². The number of carboxylic acid groups (broad SMARTS) is 1. The van der Waals surface area contributed by atoms with Gasteiger partial charge in [-0.2, -0.15) is 13.2 Å². The summed E-state index contributed by atoms with van der Waals surface area (Å²) in [4.78, 5) is 29.0. The van der Waals surface area contributed by atoms with E-state index in [1.165, 1.54) is 29.7 Å². The lowest BCUT2D eigenvalue weighted by Gasteiger charge is -2.14. The van der Waals surface area contributed by atoms with E-state index in [9.17, 15) is 22.8 Å². The van der Waals surface area contributed by atoms with Crippen LogP contribution in [0.15, 0.2) is 35.3 Å². The van der Waals surface area contributed by atoms with Gasteiger partial charge >= 0.3 is 12.1 Å². The Labute approximate surface area is 166 Å². The number of aliphatic carboxylic acids is 1. The number of furan rings is 1. The Hall–Kier alpha value is -3.01. The molecule has 1 amide bonds. The van der Waals surface area contributed by atoms with Crippen molar-refractivity contribution in [3.63, 3.8) is 0 Å². The van der Waals surface area contributed by atoms with Crippen LogP contribution < -0.4 is 0 Å². The molecule has 29 heavy (non-hydrogen) atoms. The predicted octanol–water partition coefficient (Wildman–Crippen LogP) is 3.81. The third-order valence-electron chi connectivity index (χ3n) is 4.85. The maximum atomic E-state index is 13.6. The van der Waals surface area contributed by atoms with Gasteiger partial charge in [0.1, 0.15) is 5.15 Å². The molecule has 11 heteroatoms. The van der Waals surface area contributed by atoms with Gasteiger partial charge in [-0.05, 0) is 18.6 Å². The smallest absolute Gasteiger partial charge is 0.420 e. The number of carbonyl (C=O) groups is 2. The molecule has 1 unspecified atom stereocenters. The normalized spacial score (nSPS) is 17.2. The molecule has 0 spiro atoms. The van der Waals surface area contributed by atoms with Crippen molar-refractivity contribution in [2.24, 2.45) is 5.92 Å². The number of rotatable bonds is 3. The quantitative estimate of drug-likeness (QED) is 0.686. The number of alkyl halides is 3. The van der Waals surface area contributed by atoms with Gasteiger partial charge < -0.3 is 14.4 Å². The summed E-state index contributed by atoms with van der Waals surface area (Å²) in [5.41, 5.74) is -1.33. The van der Waals surface area contributed by atoms with Crippen molar-refractivity contribution in [2.45, 2.75) is 12.6 Å². The number of imidazole rings is 1. The third-order valence-corrected chi connectivity index (χ3v) is 5.21. The highest BCUT2D eigenvalue weighted by Crippen LogP contribution is 2.37. The minimum Gasteiger partial charge on any atom is -0.481 e. The molecule has 1 aliphatic heterocycles. The minimum absolute atomic E-state index is 0.0508. The summed E-state index contributed by atoms with van der Waals surface area (Å²) in [6, 6.07) is 2.41. The molecule has 1 aliphatic rings. The van der Waals surface area contributed by atoms with Crippen LogP contribution in [0, 0.1) is 5.92 Å². The maximum absolute atomic E-state index is 13.6. The molecule has 4 heterocycles. The van der Waals surface area contributed by atoms with Gasteiger partial charge in [-0.1, -0.05) is 11.6 Å². The van der Waals surface area contributed by atoms with E-state index in [-0.39, 0.29) is 35.9 Å². The highest BCUT2D eigenvalue weighted by atomic mass is 35.5. The van der Waals surface area contributed by atoms with E-state index in [1.54, 1.807) is 0 Å². The number of amides is 1. The number of halogens is 4. The lowest BCUT2D eigenvalue weighted by Crippen LogP contribution is -2.30. The largest absolute Gasteiger partial charge is 0.481 e. The van der Waals surface area contributed by atoms with Crippen LogP contribution in [0.1, 0.15) is 22.5 Å². The monoisotopic (exact) mass is 427 g/mol. The first-order valence-corrected chi connectivity index (χ1v) is 8.88. The van der Waals surface area contributed by atoms with E-state index in [0.717, 1.165) is 10.5 Å². The third kappa shape index (κ3) is 3.33. The molecule has 0 aliphatic carbocycles. The molecule has 0 radical (unpaired) electrons. The van der Waals surface area contributed by atoms with Gasteiger partial charge in [0.25, 0.3) is 5.91 Å². The van der Waals surface area contributed by atoms with Crippen LogP contribution in [0.5, 0.6) is 0 Å². The molecule has 1 saturated heterocycles. The fourth-order valence-corrected chi connectivity index (χ4v) is 3.60. The van der Waals surface area contributed by atoms with E-state index >= 15 is 0 Å². The topological polar surface area (TPSA) is 88.0 Å². The summed E-state index contributed by atoms with van der Waals surface area (Å²) in [5.74, 6) is -2.47. The lowest BCUT2D eigenvalue weighted by atomic mass is 10.1. The molecule has 0 bridgehead atoms. The van der Waals surface area contributed by atoms with E-state index in [0.29, 0.717) is 5.56 Å². The minimum atomic E-state index is -4.74. The zero-order valence-corrected chi connectivity index (χ0v) is 15.4. The van der Waals surface area contributed by atoms with Crippen molar-refractivity contribution in [3.8, 4) is 11.1 Å². The number of fused-ring (bicyclic) bond motifs is 1. The van der Waals surface area contributed by atoms with Crippen molar-refractivity contribution in [1.29, 1.82) is 0 Å². The number of carbonyl (C=O) groups excluding carboxylic acids is 1. The fourth-order valence-electron chi connectivity index (χ4n) is 3.34. The van der Waals surface area contributed by atoms with Crippen LogP contribution in [0.3, 0.4) is 0 Å². The van der Waals surface area contributed by atoms with Crippen molar-refractivity contribution >= 4 is 29.1 Å². The average Bonchev–Trinajstić information content (AvgIpc) is 3.40. The van der Waals surface area contributed by atoms with Crippen molar-refractivity contribution in [3.05, 3.63) is 47.3 Å². The summed E-state index contributed by atoms with van der Waals surface area (Å²) < 4.78 is 46.9. The Balaban J connectivity index is 1.82. The molecule has 7 nitrogen and oxygen atoms in total. The Bertz CT molecular complexity index is 1110. The van der Waals surface area contributed by atoms with Crippen LogP contribution in [0.25, 0.3) is 16.8 Å². The Morgan fingerprint density at radius 3 is 2.66 bits per heavy atom. The summed E-state index contributed by atoms with van der Waals surface area (Å²) in [7, 11) is 0. The summed E-state index contributed by atoms with van der Waals surface area (Å²) in [5, 5.41) is 8.80. The molecule has 0 aromatic carbocycles. The second kappa shape index (κ2) is 6.80. The van der Waals surface area contributed by atoms with Crippen molar-refractivity contribution < 1.29 is 32.3 Å². The molecule has 3 aromatic rings. The van der Waals surface area contributed by atoms with Gasteiger partial charge in [-0.3, -0.25) is 14.0 Å². The van der Waals surface area contributed by atoms with E-state index in [1.807, 2.05) is 0 Å². The number of nitrogens with zero attached hydrogens (tertiary/aromatic N) is 3. The second-order valence-electron chi connectivity index (χ2n) is 6.67. The Morgan fingerprint density at radius 1 is 1.31 bits per heavy atom. The molecular formula is C18H13ClF3N3O4. The van der Waals surface area contributed by atoms with Gasteiger partial charge in [-0.25, -0.2) is 4.98 Å². The van der Waals surface area contributed by atoms with Crippen LogP contribution in [-0.2, 0) is 11.0 Å². The Kier molecular flexibility index (Phi) is 4.53. The molecule has 1 fully saturated rings. The number of carboxylic acids is 1. The van der Waals surface area contributed by atoms with Gasteiger partial charge in [0.2, 0.25) is 0 Å². The van der Waals surface area contributed by atoms with Crippen LogP contribution in [-0.4, -0.2) is 44.4 Å². The first-order chi connectivity index (χ1) is 13.7.